The zero-order valence-electron chi connectivity index (χ0n) is 3.61. The quantitative estimate of drug-likeness (QED) is 0.359. The van der Waals surface area contributed by atoms with Gasteiger partial charge in [-0.1, -0.05) is 0 Å². The molecule has 0 unspecified atom stereocenters. The van der Waals surface area contributed by atoms with E-state index >= 15 is 0 Å². The summed E-state index contributed by atoms with van der Waals surface area (Å²) in [5.74, 6) is 0. The fourth-order valence-electron chi connectivity index (χ4n) is 0. The van der Waals surface area contributed by atoms with Gasteiger partial charge in [0.15, 0.2) is 0 Å². The summed E-state index contributed by atoms with van der Waals surface area (Å²) in [5.41, 5.74) is 0. The standard InChI is InChI=1S/2CH2O3.3Ca.6H/c2*2-1(3)4;;;;;;;;;/h2*(H2,2,3,4);;;;;;;;;. The molecule has 0 aliphatic rings. The van der Waals surface area contributed by atoms with E-state index < -0.39 is 12.3 Å². The molecule has 0 aliphatic heterocycles. The monoisotopic (exact) mass is 250 g/mol. The van der Waals surface area contributed by atoms with Crippen LogP contribution in [-0.2, 0) is 0 Å². The van der Waals surface area contributed by atoms with Crippen molar-refractivity contribution >= 4 is 126 Å². The number of carbonyl (C=O) groups is 2. The fourth-order valence-corrected chi connectivity index (χ4v) is 0. The average Bonchev–Trinajstić information content (AvgIpc) is 1.25. The van der Waals surface area contributed by atoms with Gasteiger partial charge in [0.1, 0.15) is 0 Å². The van der Waals surface area contributed by atoms with Gasteiger partial charge in [-0.2, -0.15) is 0 Å². The predicted molar refractivity (Wildman–Crippen MR) is 46.9 cm³/mol. The van der Waals surface area contributed by atoms with Crippen molar-refractivity contribution in [1.82, 2.24) is 0 Å². The van der Waals surface area contributed by atoms with E-state index in [2.05, 4.69) is 0 Å². The Morgan fingerprint density at radius 2 is 0.636 bits per heavy atom. The first-order chi connectivity index (χ1) is 3.46. The second-order valence-electron chi connectivity index (χ2n) is 0.565. The fraction of sp³-hybridized carbons (Fsp3) is 0. The molecule has 0 spiro atoms. The molecule has 0 fully saturated rings. The summed E-state index contributed by atoms with van der Waals surface area (Å²) in [5, 5.41) is 27.9. The molecule has 0 saturated heterocycles. The molecule has 0 bridgehead atoms. The predicted octanol–water partition coefficient (Wildman–Crippen LogP) is -2.30. The van der Waals surface area contributed by atoms with Crippen molar-refractivity contribution in [1.29, 1.82) is 0 Å². The van der Waals surface area contributed by atoms with E-state index in [4.69, 9.17) is 30.0 Å². The summed E-state index contributed by atoms with van der Waals surface area (Å²) in [6, 6.07) is 0. The van der Waals surface area contributed by atoms with Gasteiger partial charge < -0.3 is 20.4 Å². The summed E-state index contributed by atoms with van der Waals surface area (Å²) in [6.07, 6.45) is -3.67. The summed E-state index contributed by atoms with van der Waals surface area (Å²) in [6.45, 7) is 0. The SMILES string of the molecule is O=C(O)O.O=C(O)O.[CaH2].[CaH2].[CaH2]. The zero-order valence-corrected chi connectivity index (χ0v) is 3.61. The average molecular weight is 250 g/mol. The van der Waals surface area contributed by atoms with E-state index in [1.807, 2.05) is 0 Å². The molecule has 0 heterocycles. The number of rotatable bonds is 0. The van der Waals surface area contributed by atoms with Crippen molar-refractivity contribution in [2.45, 2.75) is 0 Å². The van der Waals surface area contributed by atoms with Gasteiger partial charge in [-0.05, 0) is 0 Å². The van der Waals surface area contributed by atoms with Crippen molar-refractivity contribution in [3.05, 3.63) is 0 Å². The van der Waals surface area contributed by atoms with Crippen molar-refractivity contribution in [3.63, 3.8) is 0 Å². The Hall–Kier alpha value is 2.32. The van der Waals surface area contributed by atoms with Gasteiger partial charge in [0.2, 0.25) is 0 Å². The van der Waals surface area contributed by atoms with Crippen LogP contribution in [-0.4, -0.2) is 146 Å². The van der Waals surface area contributed by atoms with E-state index in [1.54, 1.807) is 0 Å². The summed E-state index contributed by atoms with van der Waals surface area (Å²) in [4.78, 5) is 17.1. The van der Waals surface area contributed by atoms with Crippen LogP contribution in [0, 0.1) is 0 Å². The Morgan fingerprint density at radius 1 is 0.636 bits per heavy atom. The van der Waals surface area contributed by atoms with Crippen LogP contribution in [0.2, 0.25) is 0 Å². The Labute approximate surface area is 152 Å². The minimum atomic E-state index is -1.83. The van der Waals surface area contributed by atoms with Gasteiger partial charge >= 0.3 is 126 Å². The summed E-state index contributed by atoms with van der Waals surface area (Å²) >= 11 is 0. The van der Waals surface area contributed by atoms with Gasteiger partial charge in [-0.3, -0.25) is 0 Å². The molecule has 0 rings (SSSR count). The maximum atomic E-state index is 8.56. The van der Waals surface area contributed by atoms with Crippen LogP contribution in [0.4, 0.5) is 9.59 Å². The van der Waals surface area contributed by atoms with Crippen molar-refractivity contribution in [2.75, 3.05) is 0 Å². The van der Waals surface area contributed by atoms with Crippen molar-refractivity contribution in [2.24, 2.45) is 0 Å². The Morgan fingerprint density at radius 3 is 0.636 bits per heavy atom. The number of hydrogen-bond acceptors (Lipinski definition) is 2. The second kappa shape index (κ2) is 22.8. The zero-order chi connectivity index (χ0) is 7.15. The molecule has 0 aromatic carbocycles. The molecule has 0 aromatic rings. The maximum absolute atomic E-state index is 8.56. The molecule has 6 nitrogen and oxygen atoms in total. The molecule has 0 radical (unpaired) electrons. The molecule has 0 amide bonds. The van der Waals surface area contributed by atoms with Gasteiger partial charge in [-0.25, -0.2) is 9.59 Å². The Balaban J connectivity index is -0.0000000171. The van der Waals surface area contributed by atoms with Crippen LogP contribution in [0.3, 0.4) is 0 Å². The molecule has 0 aromatic heterocycles. The van der Waals surface area contributed by atoms with E-state index in [0.717, 1.165) is 0 Å². The van der Waals surface area contributed by atoms with E-state index in [9.17, 15) is 0 Å². The Kier molecular flexibility index (Phi) is 60.6. The van der Waals surface area contributed by atoms with Crippen molar-refractivity contribution in [3.8, 4) is 0 Å². The normalized spacial score (nSPS) is 4.36. The Bertz CT molecular complexity index is 73.8. The van der Waals surface area contributed by atoms with Gasteiger partial charge in [0.25, 0.3) is 0 Å². The summed E-state index contributed by atoms with van der Waals surface area (Å²) in [7, 11) is 0. The van der Waals surface area contributed by atoms with Crippen LogP contribution in [0.15, 0.2) is 0 Å². The molecular formula is C2H10Ca3O6. The second-order valence-corrected chi connectivity index (χ2v) is 0.565. The minimum absolute atomic E-state index is 0. The third-order valence-corrected chi connectivity index (χ3v) is 0. The van der Waals surface area contributed by atoms with Crippen LogP contribution >= 0.6 is 0 Å². The topological polar surface area (TPSA) is 115 Å². The molecule has 4 N–H and O–H groups in total. The van der Waals surface area contributed by atoms with E-state index in [-0.39, 0.29) is 113 Å². The van der Waals surface area contributed by atoms with Gasteiger partial charge in [0.05, 0.1) is 0 Å². The number of hydrogen-bond donors (Lipinski definition) is 4. The molecular weight excluding hydrogens is 240 g/mol. The third-order valence-electron chi connectivity index (χ3n) is 0. The van der Waals surface area contributed by atoms with Gasteiger partial charge in [-0.15, -0.1) is 0 Å². The summed E-state index contributed by atoms with van der Waals surface area (Å²) < 4.78 is 0. The third kappa shape index (κ3) is 244. The van der Waals surface area contributed by atoms with Crippen LogP contribution in [0.5, 0.6) is 0 Å². The molecule has 9 heteroatoms. The van der Waals surface area contributed by atoms with E-state index in [1.165, 1.54) is 0 Å². The molecule has 0 aliphatic carbocycles. The van der Waals surface area contributed by atoms with Crippen LogP contribution in [0.25, 0.3) is 0 Å². The molecule has 60 valence electrons. The number of carboxylic acid groups (broad SMARTS) is 4. The van der Waals surface area contributed by atoms with E-state index in [0.29, 0.717) is 0 Å². The van der Waals surface area contributed by atoms with Gasteiger partial charge in [0, 0.05) is 0 Å². The molecule has 0 saturated carbocycles. The van der Waals surface area contributed by atoms with Crippen LogP contribution in [0.1, 0.15) is 0 Å². The first-order valence-electron chi connectivity index (χ1n) is 1.30. The van der Waals surface area contributed by atoms with Crippen molar-refractivity contribution < 1.29 is 30.0 Å². The first-order valence-corrected chi connectivity index (χ1v) is 1.30. The first kappa shape index (κ1) is 29.2. The van der Waals surface area contributed by atoms with Crippen LogP contribution < -0.4 is 0 Å². The molecule has 0 atom stereocenters. The molecule has 11 heavy (non-hydrogen) atoms.